The van der Waals surface area contributed by atoms with Crippen molar-refractivity contribution < 1.29 is 9.53 Å². The molecule has 0 radical (unpaired) electrons. The van der Waals surface area contributed by atoms with Gasteiger partial charge in [-0.2, -0.15) is 0 Å². The second kappa shape index (κ2) is 5.87. The summed E-state index contributed by atoms with van der Waals surface area (Å²) in [6.07, 6.45) is -0.273. The Hall–Kier alpha value is -2.49. The molecule has 4 heteroatoms. The molecule has 1 N–H and O–H groups in total. The summed E-state index contributed by atoms with van der Waals surface area (Å²) in [6, 6.07) is 16.3. The van der Waals surface area contributed by atoms with Crippen LogP contribution >= 0.6 is 0 Å². The molecule has 21 heavy (non-hydrogen) atoms. The molecular weight excluding hydrogens is 264 g/mol. The number of nitrogens with one attached hydrogen (secondary N) is 1. The number of benzene rings is 2. The summed E-state index contributed by atoms with van der Waals surface area (Å²) in [6.45, 7) is 3.91. The highest BCUT2D eigenvalue weighted by atomic mass is 16.6. The van der Waals surface area contributed by atoms with Gasteiger partial charge >= 0.3 is 6.09 Å². The number of rotatable bonds is 4. The van der Waals surface area contributed by atoms with Gasteiger partial charge in [-0.05, 0) is 30.7 Å². The predicted molar refractivity (Wildman–Crippen MR) is 83.6 cm³/mol. The van der Waals surface area contributed by atoms with Crippen LogP contribution in [0, 0.1) is 6.92 Å². The van der Waals surface area contributed by atoms with Crippen molar-refractivity contribution in [2.75, 3.05) is 23.4 Å². The first-order chi connectivity index (χ1) is 10.2. The van der Waals surface area contributed by atoms with E-state index >= 15 is 0 Å². The molecule has 0 unspecified atom stereocenters. The van der Waals surface area contributed by atoms with Gasteiger partial charge in [0.2, 0.25) is 0 Å². The smallest absolute Gasteiger partial charge is 0.414 e. The Labute approximate surface area is 124 Å². The first kappa shape index (κ1) is 13.5. The SMILES string of the molecule is Cc1ccc(CNc2cccc(N3CCOC3=O)c2)cc1. The molecule has 1 saturated heterocycles. The van der Waals surface area contributed by atoms with Crippen molar-refractivity contribution in [2.24, 2.45) is 0 Å². The molecule has 0 saturated carbocycles. The number of carbonyl (C=O) groups excluding carboxylic acids is 1. The average molecular weight is 282 g/mol. The molecule has 0 spiro atoms. The van der Waals surface area contributed by atoms with Gasteiger partial charge in [-0.3, -0.25) is 4.90 Å². The monoisotopic (exact) mass is 282 g/mol. The van der Waals surface area contributed by atoms with Crippen LogP contribution in [0.5, 0.6) is 0 Å². The van der Waals surface area contributed by atoms with Crippen molar-refractivity contribution in [1.82, 2.24) is 0 Å². The van der Waals surface area contributed by atoms with Gasteiger partial charge in [0.05, 0.1) is 6.54 Å². The lowest BCUT2D eigenvalue weighted by Gasteiger charge is -2.14. The highest BCUT2D eigenvalue weighted by molar-refractivity contribution is 5.89. The second-order valence-electron chi connectivity index (χ2n) is 5.16. The molecule has 0 aliphatic carbocycles. The molecule has 1 heterocycles. The van der Waals surface area contributed by atoms with E-state index in [9.17, 15) is 4.79 Å². The van der Waals surface area contributed by atoms with Gasteiger partial charge in [-0.1, -0.05) is 35.9 Å². The van der Waals surface area contributed by atoms with E-state index in [1.807, 2.05) is 24.3 Å². The lowest BCUT2D eigenvalue weighted by molar-refractivity contribution is 0.181. The number of amides is 1. The van der Waals surface area contributed by atoms with E-state index in [0.29, 0.717) is 13.2 Å². The normalized spacial score (nSPS) is 14.1. The van der Waals surface area contributed by atoms with Crippen molar-refractivity contribution in [2.45, 2.75) is 13.5 Å². The summed E-state index contributed by atoms with van der Waals surface area (Å²) >= 11 is 0. The van der Waals surface area contributed by atoms with Gasteiger partial charge < -0.3 is 10.1 Å². The minimum atomic E-state index is -0.273. The van der Waals surface area contributed by atoms with Gasteiger partial charge in [0, 0.05) is 17.9 Å². The van der Waals surface area contributed by atoms with Gasteiger partial charge in [-0.15, -0.1) is 0 Å². The zero-order valence-electron chi connectivity index (χ0n) is 12.0. The van der Waals surface area contributed by atoms with Crippen LogP contribution < -0.4 is 10.2 Å². The van der Waals surface area contributed by atoms with Gasteiger partial charge in [0.15, 0.2) is 0 Å². The number of hydrogen-bond donors (Lipinski definition) is 1. The predicted octanol–water partition coefficient (Wildman–Crippen LogP) is 3.56. The largest absolute Gasteiger partial charge is 0.447 e. The summed E-state index contributed by atoms with van der Waals surface area (Å²) in [4.78, 5) is 13.2. The molecule has 2 aromatic rings. The zero-order chi connectivity index (χ0) is 14.7. The molecule has 0 aromatic heterocycles. The number of ether oxygens (including phenoxy) is 1. The maximum Gasteiger partial charge on any atom is 0.414 e. The standard InChI is InChI=1S/C17H18N2O2/c1-13-5-7-14(8-6-13)12-18-15-3-2-4-16(11-15)19-9-10-21-17(19)20/h2-8,11,18H,9-10,12H2,1H3. The third kappa shape index (κ3) is 3.16. The molecule has 1 fully saturated rings. The quantitative estimate of drug-likeness (QED) is 0.932. The lowest BCUT2D eigenvalue weighted by Crippen LogP contribution is -2.23. The fourth-order valence-electron chi connectivity index (χ4n) is 2.32. The van der Waals surface area contributed by atoms with Crippen molar-refractivity contribution in [3.63, 3.8) is 0 Å². The summed E-state index contributed by atoms with van der Waals surface area (Å²) in [5.74, 6) is 0. The number of cyclic esters (lactones) is 1. The van der Waals surface area contributed by atoms with Gasteiger partial charge in [0.1, 0.15) is 6.61 Å². The molecule has 1 aliphatic rings. The summed E-state index contributed by atoms with van der Waals surface area (Å²) < 4.78 is 4.97. The van der Waals surface area contributed by atoms with Crippen molar-refractivity contribution in [3.8, 4) is 0 Å². The third-order valence-electron chi connectivity index (χ3n) is 3.54. The maximum absolute atomic E-state index is 11.6. The third-order valence-corrected chi connectivity index (χ3v) is 3.54. The average Bonchev–Trinajstić information content (AvgIpc) is 2.93. The van der Waals surface area contributed by atoms with E-state index < -0.39 is 0 Å². The van der Waals surface area contributed by atoms with Crippen molar-refractivity contribution in [1.29, 1.82) is 0 Å². The molecule has 0 bridgehead atoms. The number of anilines is 2. The molecule has 1 amide bonds. The number of hydrogen-bond acceptors (Lipinski definition) is 3. The Kier molecular flexibility index (Phi) is 3.77. The molecular formula is C17H18N2O2. The van der Waals surface area contributed by atoms with Crippen LogP contribution in [0.1, 0.15) is 11.1 Å². The van der Waals surface area contributed by atoms with Crippen LogP contribution in [0.15, 0.2) is 48.5 Å². The van der Waals surface area contributed by atoms with Gasteiger partial charge in [0.25, 0.3) is 0 Å². The highest BCUT2D eigenvalue weighted by Gasteiger charge is 2.23. The number of nitrogens with zero attached hydrogens (tertiary/aromatic N) is 1. The molecule has 1 aliphatic heterocycles. The number of carbonyl (C=O) groups is 1. The van der Waals surface area contributed by atoms with Crippen LogP contribution in [0.4, 0.5) is 16.2 Å². The van der Waals surface area contributed by atoms with Crippen LogP contribution in [-0.2, 0) is 11.3 Å². The van der Waals surface area contributed by atoms with Crippen LogP contribution in [0.2, 0.25) is 0 Å². The summed E-state index contributed by atoms with van der Waals surface area (Å²) in [5, 5.41) is 3.38. The topological polar surface area (TPSA) is 41.6 Å². The van der Waals surface area contributed by atoms with E-state index in [-0.39, 0.29) is 6.09 Å². The molecule has 4 nitrogen and oxygen atoms in total. The minimum Gasteiger partial charge on any atom is -0.447 e. The van der Waals surface area contributed by atoms with Crippen molar-refractivity contribution in [3.05, 3.63) is 59.7 Å². The number of aryl methyl sites for hydroxylation is 1. The first-order valence-electron chi connectivity index (χ1n) is 7.06. The Bertz CT molecular complexity index is 637. The lowest BCUT2D eigenvalue weighted by atomic mass is 10.1. The second-order valence-corrected chi connectivity index (χ2v) is 5.16. The maximum atomic E-state index is 11.6. The van der Waals surface area contributed by atoms with E-state index in [0.717, 1.165) is 17.9 Å². The Morgan fingerprint density at radius 2 is 2.00 bits per heavy atom. The Morgan fingerprint density at radius 1 is 1.19 bits per heavy atom. The minimum absolute atomic E-state index is 0.273. The fraction of sp³-hybridized carbons (Fsp3) is 0.235. The van der Waals surface area contributed by atoms with Crippen LogP contribution in [-0.4, -0.2) is 19.2 Å². The zero-order valence-corrected chi connectivity index (χ0v) is 12.0. The summed E-state index contributed by atoms with van der Waals surface area (Å²) in [7, 11) is 0. The van der Waals surface area contributed by atoms with E-state index in [1.165, 1.54) is 11.1 Å². The first-order valence-corrected chi connectivity index (χ1v) is 7.06. The van der Waals surface area contributed by atoms with Crippen LogP contribution in [0.3, 0.4) is 0 Å². The van der Waals surface area contributed by atoms with E-state index in [4.69, 9.17) is 4.74 Å². The Morgan fingerprint density at radius 3 is 2.71 bits per heavy atom. The van der Waals surface area contributed by atoms with Gasteiger partial charge in [-0.25, -0.2) is 4.79 Å². The molecule has 3 rings (SSSR count). The molecule has 0 atom stereocenters. The molecule has 2 aromatic carbocycles. The fourth-order valence-corrected chi connectivity index (χ4v) is 2.32. The molecule has 108 valence electrons. The summed E-state index contributed by atoms with van der Waals surface area (Å²) in [5.41, 5.74) is 4.35. The highest BCUT2D eigenvalue weighted by Crippen LogP contribution is 2.22. The van der Waals surface area contributed by atoms with Crippen LogP contribution in [0.25, 0.3) is 0 Å². The Balaban J connectivity index is 1.68. The van der Waals surface area contributed by atoms with E-state index in [2.05, 4.69) is 36.5 Å². The van der Waals surface area contributed by atoms with E-state index in [1.54, 1.807) is 4.90 Å². The van der Waals surface area contributed by atoms with Crippen molar-refractivity contribution >= 4 is 17.5 Å².